The van der Waals surface area contributed by atoms with Crippen LogP contribution in [0.2, 0.25) is 0 Å². The lowest BCUT2D eigenvalue weighted by Gasteiger charge is -2.20. The van der Waals surface area contributed by atoms with E-state index in [2.05, 4.69) is 29.1 Å². The van der Waals surface area contributed by atoms with Crippen LogP contribution >= 0.6 is 0 Å². The number of methoxy groups -OCH3 is 1. The molecule has 0 aliphatic rings. The molecule has 0 unspecified atom stereocenters. The fourth-order valence-corrected chi connectivity index (χ4v) is 4.38. The number of carbonyl (C=O) groups excluding carboxylic acids is 1. The largest absolute Gasteiger partial charge is 0.495 e. The van der Waals surface area contributed by atoms with Crippen molar-refractivity contribution in [2.45, 2.75) is 31.2 Å². The number of ether oxygens (including phenoxy) is 1. The van der Waals surface area contributed by atoms with E-state index < -0.39 is 10.0 Å². The van der Waals surface area contributed by atoms with Crippen LogP contribution in [0.1, 0.15) is 42.5 Å². The van der Waals surface area contributed by atoms with Crippen molar-refractivity contribution in [1.29, 1.82) is 0 Å². The second-order valence-electron chi connectivity index (χ2n) is 7.95. The first-order chi connectivity index (χ1) is 14.6. The number of hydrogen-bond donors (Lipinski definition) is 2. The number of rotatable bonds is 8. The number of aromatic amines is 1. The Balaban J connectivity index is 1.95. The van der Waals surface area contributed by atoms with Gasteiger partial charge in [0.15, 0.2) is 0 Å². The van der Waals surface area contributed by atoms with Crippen LogP contribution in [0.15, 0.2) is 47.4 Å². The van der Waals surface area contributed by atoms with Gasteiger partial charge >= 0.3 is 0 Å². The summed E-state index contributed by atoms with van der Waals surface area (Å²) in [4.78, 5) is 20.9. The molecule has 2 N–H and O–H groups in total. The maximum Gasteiger partial charge on any atom is 0.251 e. The number of H-pyrrole nitrogens is 1. The molecular formula is C22H28N4O4S. The highest BCUT2D eigenvalue weighted by Gasteiger charge is 2.25. The van der Waals surface area contributed by atoms with E-state index in [0.717, 1.165) is 15.3 Å². The predicted molar refractivity (Wildman–Crippen MR) is 120 cm³/mol. The van der Waals surface area contributed by atoms with Gasteiger partial charge in [-0.15, -0.1) is 0 Å². The Bertz CT molecular complexity index is 1150. The van der Waals surface area contributed by atoms with Crippen molar-refractivity contribution in [3.05, 3.63) is 53.9 Å². The third-order valence-electron chi connectivity index (χ3n) is 4.93. The highest BCUT2D eigenvalue weighted by Crippen LogP contribution is 2.28. The highest BCUT2D eigenvalue weighted by atomic mass is 32.2. The highest BCUT2D eigenvalue weighted by molar-refractivity contribution is 7.89. The minimum atomic E-state index is -3.78. The summed E-state index contributed by atoms with van der Waals surface area (Å²) >= 11 is 0. The molecule has 1 aromatic heterocycles. The minimum Gasteiger partial charge on any atom is -0.495 e. The molecule has 0 bridgehead atoms. The molecule has 0 saturated carbocycles. The van der Waals surface area contributed by atoms with Crippen LogP contribution in [0.3, 0.4) is 0 Å². The summed E-state index contributed by atoms with van der Waals surface area (Å²) in [6.07, 6.45) is 0.671. The third kappa shape index (κ3) is 4.88. The summed E-state index contributed by atoms with van der Waals surface area (Å²) in [6, 6.07) is 11.7. The van der Waals surface area contributed by atoms with Gasteiger partial charge in [0.1, 0.15) is 16.5 Å². The Labute approximate surface area is 182 Å². The van der Waals surface area contributed by atoms with Crippen molar-refractivity contribution in [3.8, 4) is 5.75 Å². The topological polar surface area (TPSA) is 104 Å². The smallest absolute Gasteiger partial charge is 0.251 e. The molecule has 0 radical (unpaired) electrons. The quantitative estimate of drug-likeness (QED) is 0.554. The molecule has 0 aliphatic carbocycles. The van der Waals surface area contributed by atoms with Crippen molar-refractivity contribution in [3.63, 3.8) is 0 Å². The zero-order valence-electron chi connectivity index (χ0n) is 18.3. The molecule has 166 valence electrons. The van der Waals surface area contributed by atoms with Gasteiger partial charge in [-0.05, 0) is 42.7 Å². The van der Waals surface area contributed by atoms with Crippen molar-refractivity contribution in [2.24, 2.45) is 5.92 Å². The Morgan fingerprint density at radius 2 is 1.90 bits per heavy atom. The summed E-state index contributed by atoms with van der Waals surface area (Å²) in [7, 11) is 0.475. The van der Waals surface area contributed by atoms with E-state index in [-0.39, 0.29) is 28.2 Å². The van der Waals surface area contributed by atoms with Gasteiger partial charge in [0, 0.05) is 19.7 Å². The number of nitrogens with zero attached hydrogens (tertiary/aromatic N) is 2. The summed E-state index contributed by atoms with van der Waals surface area (Å²) in [5.41, 5.74) is 1.94. The fraction of sp³-hybridized carbons (Fsp3) is 0.364. The number of aromatic nitrogens is 2. The first kappa shape index (κ1) is 22.8. The van der Waals surface area contributed by atoms with Crippen LogP contribution in [0.5, 0.6) is 5.75 Å². The summed E-state index contributed by atoms with van der Waals surface area (Å²) < 4.78 is 31.6. The van der Waals surface area contributed by atoms with Gasteiger partial charge in [-0.1, -0.05) is 26.0 Å². The predicted octanol–water partition coefficient (Wildman–Crippen LogP) is 3.34. The number of carbonyl (C=O) groups is 1. The number of benzene rings is 2. The van der Waals surface area contributed by atoms with E-state index in [4.69, 9.17) is 4.74 Å². The van der Waals surface area contributed by atoms with Gasteiger partial charge in [0.2, 0.25) is 10.0 Å². The number of hydrogen-bond acceptors (Lipinski definition) is 5. The average molecular weight is 445 g/mol. The number of fused-ring (bicyclic) bond motifs is 1. The minimum absolute atomic E-state index is 0.0585. The molecule has 8 nitrogen and oxygen atoms in total. The first-order valence-corrected chi connectivity index (χ1v) is 11.4. The van der Waals surface area contributed by atoms with Crippen molar-refractivity contribution < 1.29 is 17.9 Å². The summed E-state index contributed by atoms with van der Waals surface area (Å²) in [5, 5.41) is 3.01. The molecule has 3 rings (SSSR count). The summed E-state index contributed by atoms with van der Waals surface area (Å²) in [5.74, 6) is 0.766. The van der Waals surface area contributed by atoms with Crippen LogP contribution in [-0.2, 0) is 10.0 Å². The molecule has 0 aliphatic heterocycles. The van der Waals surface area contributed by atoms with Crippen molar-refractivity contribution in [1.82, 2.24) is 19.6 Å². The van der Waals surface area contributed by atoms with Crippen molar-refractivity contribution >= 4 is 27.0 Å². The molecule has 1 heterocycles. The average Bonchev–Trinajstić information content (AvgIpc) is 3.16. The Hall–Kier alpha value is -2.91. The van der Waals surface area contributed by atoms with E-state index >= 15 is 0 Å². The molecule has 1 atom stereocenters. The first-order valence-electron chi connectivity index (χ1n) is 9.99. The second-order valence-corrected chi connectivity index (χ2v) is 10.1. The lowest BCUT2D eigenvalue weighted by Crippen LogP contribution is -2.30. The van der Waals surface area contributed by atoms with Gasteiger partial charge in [-0.2, -0.15) is 0 Å². The second kappa shape index (κ2) is 9.07. The molecule has 2 aromatic carbocycles. The SMILES string of the molecule is COc1ccc(C(=O)N[C@H](CC(C)C)c2nc3ccccc3[nH]2)cc1S(=O)(=O)N(C)C. The van der Waals surface area contributed by atoms with Gasteiger partial charge in [0.25, 0.3) is 5.91 Å². The Kier molecular flexibility index (Phi) is 6.66. The van der Waals surface area contributed by atoms with Crippen LogP contribution in [0, 0.1) is 5.92 Å². The molecule has 0 spiro atoms. The van der Waals surface area contributed by atoms with E-state index in [1.165, 1.54) is 33.3 Å². The zero-order chi connectivity index (χ0) is 22.8. The molecule has 1 amide bonds. The lowest BCUT2D eigenvalue weighted by molar-refractivity contribution is 0.0930. The molecule has 9 heteroatoms. The standard InChI is InChI=1S/C22H28N4O4S/c1-14(2)12-18(21-23-16-8-6-7-9-17(16)24-21)25-22(27)15-10-11-19(30-5)20(13-15)31(28,29)26(3)4/h6-11,13-14,18H,12H2,1-5H3,(H,23,24)(H,25,27)/t18-/m1/s1. The van der Waals surface area contributed by atoms with E-state index in [1.807, 2.05) is 24.3 Å². The molecule has 3 aromatic rings. The normalized spacial score (nSPS) is 13.0. The number of sulfonamides is 1. The van der Waals surface area contributed by atoms with Crippen LogP contribution in [-0.4, -0.2) is 49.8 Å². The maximum atomic E-state index is 13.1. The van der Waals surface area contributed by atoms with Crippen LogP contribution in [0.4, 0.5) is 0 Å². The molecule has 0 saturated heterocycles. The number of para-hydroxylation sites is 2. The monoisotopic (exact) mass is 444 g/mol. The van der Waals surface area contributed by atoms with E-state index in [9.17, 15) is 13.2 Å². The van der Waals surface area contributed by atoms with Gasteiger partial charge in [-0.25, -0.2) is 17.7 Å². The molecule has 0 fully saturated rings. The van der Waals surface area contributed by atoms with Crippen LogP contribution < -0.4 is 10.1 Å². The van der Waals surface area contributed by atoms with Gasteiger partial charge in [-0.3, -0.25) is 4.79 Å². The third-order valence-corrected chi connectivity index (χ3v) is 6.77. The molecule has 31 heavy (non-hydrogen) atoms. The fourth-order valence-electron chi connectivity index (χ4n) is 3.31. The van der Waals surface area contributed by atoms with E-state index in [0.29, 0.717) is 18.2 Å². The lowest BCUT2D eigenvalue weighted by atomic mass is 10.0. The maximum absolute atomic E-state index is 13.1. The zero-order valence-corrected chi connectivity index (χ0v) is 19.2. The Morgan fingerprint density at radius 1 is 1.19 bits per heavy atom. The Morgan fingerprint density at radius 3 is 2.52 bits per heavy atom. The van der Waals surface area contributed by atoms with Crippen molar-refractivity contribution in [2.75, 3.05) is 21.2 Å². The molecular weight excluding hydrogens is 416 g/mol. The number of nitrogens with one attached hydrogen (secondary N) is 2. The number of imidazole rings is 1. The van der Waals surface area contributed by atoms with Gasteiger partial charge < -0.3 is 15.0 Å². The van der Waals surface area contributed by atoms with Crippen LogP contribution in [0.25, 0.3) is 11.0 Å². The van der Waals surface area contributed by atoms with E-state index in [1.54, 1.807) is 6.07 Å². The van der Waals surface area contributed by atoms with Gasteiger partial charge in [0.05, 0.1) is 24.2 Å². The summed E-state index contributed by atoms with van der Waals surface area (Å²) in [6.45, 7) is 4.13. The number of amides is 1.